The third kappa shape index (κ3) is 4.05. The van der Waals surface area contributed by atoms with Crippen molar-refractivity contribution in [2.45, 2.75) is 5.92 Å². The first-order chi connectivity index (χ1) is 14.7. The SMILES string of the molecule is COc1cc(-c2cccc(C(C(N)=O)c3ccc(-c4ccccc4)nc3)c2)ccn1. The highest BCUT2D eigenvalue weighted by atomic mass is 16.5. The Morgan fingerprint density at radius 1 is 0.833 bits per heavy atom. The molecule has 0 fully saturated rings. The van der Waals surface area contributed by atoms with Crippen molar-refractivity contribution in [1.82, 2.24) is 9.97 Å². The second-order valence-electron chi connectivity index (χ2n) is 6.89. The molecule has 2 N–H and O–H groups in total. The Labute approximate surface area is 175 Å². The summed E-state index contributed by atoms with van der Waals surface area (Å²) >= 11 is 0. The van der Waals surface area contributed by atoms with Crippen molar-refractivity contribution in [3.63, 3.8) is 0 Å². The maximum Gasteiger partial charge on any atom is 0.229 e. The minimum atomic E-state index is -0.592. The zero-order chi connectivity index (χ0) is 20.9. The van der Waals surface area contributed by atoms with Crippen LogP contribution in [0, 0.1) is 0 Å². The van der Waals surface area contributed by atoms with E-state index in [-0.39, 0.29) is 0 Å². The predicted molar refractivity (Wildman–Crippen MR) is 117 cm³/mol. The van der Waals surface area contributed by atoms with Crippen LogP contribution >= 0.6 is 0 Å². The summed E-state index contributed by atoms with van der Waals surface area (Å²) in [4.78, 5) is 21.1. The van der Waals surface area contributed by atoms with Crippen LogP contribution in [0.1, 0.15) is 17.0 Å². The van der Waals surface area contributed by atoms with Crippen molar-refractivity contribution in [1.29, 1.82) is 0 Å². The van der Waals surface area contributed by atoms with Gasteiger partial charge in [-0.15, -0.1) is 0 Å². The molecule has 2 heterocycles. The van der Waals surface area contributed by atoms with Crippen molar-refractivity contribution in [3.8, 4) is 28.3 Å². The van der Waals surface area contributed by atoms with Gasteiger partial charge in [0.1, 0.15) is 0 Å². The van der Waals surface area contributed by atoms with Crippen LogP contribution in [0.4, 0.5) is 0 Å². The van der Waals surface area contributed by atoms with E-state index in [0.717, 1.165) is 33.5 Å². The lowest BCUT2D eigenvalue weighted by Crippen LogP contribution is -2.22. The standard InChI is InChI=1S/C25H21N3O2/c1-30-23-15-19(12-13-27-23)18-8-5-9-20(14-18)24(25(26)29)21-10-11-22(28-16-21)17-6-3-2-4-7-17/h2-16,24H,1H3,(H2,26,29). The molecule has 4 rings (SSSR count). The van der Waals surface area contributed by atoms with Gasteiger partial charge in [-0.05, 0) is 34.4 Å². The van der Waals surface area contributed by atoms with Gasteiger partial charge in [-0.25, -0.2) is 4.98 Å². The van der Waals surface area contributed by atoms with E-state index in [9.17, 15) is 4.79 Å². The lowest BCUT2D eigenvalue weighted by Gasteiger charge is -2.16. The summed E-state index contributed by atoms with van der Waals surface area (Å²) in [6.45, 7) is 0. The molecule has 0 aliphatic rings. The molecule has 0 aliphatic carbocycles. The molecule has 30 heavy (non-hydrogen) atoms. The molecule has 1 atom stereocenters. The molecule has 5 nitrogen and oxygen atoms in total. The molecule has 0 aliphatic heterocycles. The Balaban J connectivity index is 1.69. The number of amides is 1. The van der Waals surface area contributed by atoms with Gasteiger partial charge in [0.2, 0.25) is 11.8 Å². The molecule has 148 valence electrons. The maximum atomic E-state index is 12.4. The summed E-state index contributed by atoms with van der Waals surface area (Å²) in [6, 6.07) is 25.3. The number of nitrogens with two attached hydrogens (primary N) is 1. The molecular weight excluding hydrogens is 374 g/mol. The molecule has 0 radical (unpaired) electrons. The molecule has 0 bridgehead atoms. The van der Waals surface area contributed by atoms with Gasteiger partial charge >= 0.3 is 0 Å². The van der Waals surface area contributed by atoms with Gasteiger partial charge in [-0.2, -0.15) is 0 Å². The summed E-state index contributed by atoms with van der Waals surface area (Å²) in [5.41, 5.74) is 11.1. The van der Waals surface area contributed by atoms with Crippen LogP contribution in [0.5, 0.6) is 5.88 Å². The second-order valence-corrected chi connectivity index (χ2v) is 6.89. The van der Waals surface area contributed by atoms with E-state index >= 15 is 0 Å². The van der Waals surface area contributed by atoms with Crippen molar-refractivity contribution in [2.24, 2.45) is 5.73 Å². The third-order valence-corrected chi connectivity index (χ3v) is 4.97. The number of ether oxygens (including phenoxy) is 1. The van der Waals surface area contributed by atoms with Crippen molar-refractivity contribution in [3.05, 3.63) is 102 Å². The van der Waals surface area contributed by atoms with E-state index in [2.05, 4.69) is 9.97 Å². The molecule has 1 amide bonds. The minimum Gasteiger partial charge on any atom is -0.481 e. The van der Waals surface area contributed by atoms with Crippen molar-refractivity contribution < 1.29 is 9.53 Å². The average molecular weight is 395 g/mol. The van der Waals surface area contributed by atoms with E-state index in [1.54, 1.807) is 19.5 Å². The average Bonchev–Trinajstić information content (AvgIpc) is 2.80. The molecule has 2 aromatic heterocycles. The molecule has 2 aromatic carbocycles. The van der Waals surface area contributed by atoms with Gasteiger partial charge in [-0.1, -0.05) is 60.7 Å². The van der Waals surface area contributed by atoms with Gasteiger partial charge in [0.05, 0.1) is 18.7 Å². The molecule has 4 aromatic rings. The van der Waals surface area contributed by atoms with Crippen LogP contribution in [0.3, 0.4) is 0 Å². The normalized spacial score (nSPS) is 11.6. The highest BCUT2D eigenvalue weighted by Gasteiger charge is 2.21. The molecule has 5 heteroatoms. The molecule has 0 saturated carbocycles. The van der Waals surface area contributed by atoms with Crippen LogP contribution in [0.25, 0.3) is 22.4 Å². The Hall–Kier alpha value is -3.99. The van der Waals surface area contributed by atoms with Crippen molar-refractivity contribution in [2.75, 3.05) is 7.11 Å². The number of hydrogen-bond acceptors (Lipinski definition) is 4. The first-order valence-corrected chi connectivity index (χ1v) is 9.57. The smallest absolute Gasteiger partial charge is 0.229 e. The zero-order valence-electron chi connectivity index (χ0n) is 16.5. The second kappa shape index (κ2) is 8.57. The summed E-state index contributed by atoms with van der Waals surface area (Å²) in [5.74, 6) is -0.482. The number of primary amides is 1. The van der Waals surface area contributed by atoms with Gasteiger partial charge in [0.15, 0.2) is 0 Å². The minimum absolute atomic E-state index is 0.422. The monoisotopic (exact) mass is 395 g/mol. The largest absolute Gasteiger partial charge is 0.481 e. The number of nitrogens with zero attached hydrogens (tertiary/aromatic N) is 2. The quantitative estimate of drug-likeness (QED) is 0.524. The number of methoxy groups -OCH3 is 1. The van der Waals surface area contributed by atoms with Gasteiger partial charge in [0.25, 0.3) is 0 Å². The van der Waals surface area contributed by atoms with Gasteiger partial charge in [-0.3, -0.25) is 9.78 Å². The topological polar surface area (TPSA) is 78.1 Å². The number of carbonyl (C=O) groups excluding carboxylic acids is 1. The number of carbonyl (C=O) groups is 1. The Morgan fingerprint density at radius 2 is 1.60 bits per heavy atom. The highest BCUT2D eigenvalue weighted by molar-refractivity contribution is 5.86. The van der Waals surface area contributed by atoms with Crippen LogP contribution in [0.2, 0.25) is 0 Å². The zero-order valence-corrected chi connectivity index (χ0v) is 16.5. The summed E-state index contributed by atoms with van der Waals surface area (Å²) in [5, 5.41) is 0. The first-order valence-electron chi connectivity index (χ1n) is 9.57. The number of hydrogen-bond donors (Lipinski definition) is 1. The van der Waals surface area contributed by atoms with E-state index in [1.807, 2.05) is 78.9 Å². The Bertz CT molecular complexity index is 1160. The molecule has 0 saturated heterocycles. The number of rotatable bonds is 6. The van der Waals surface area contributed by atoms with Crippen molar-refractivity contribution >= 4 is 5.91 Å². The Kier molecular flexibility index (Phi) is 5.52. The van der Waals surface area contributed by atoms with E-state index in [4.69, 9.17) is 10.5 Å². The number of aromatic nitrogens is 2. The van der Waals surface area contributed by atoms with Crippen LogP contribution in [-0.2, 0) is 4.79 Å². The van der Waals surface area contributed by atoms with E-state index in [1.165, 1.54) is 0 Å². The summed E-state index contributed by atoms with van der Waals surface area (Å²) in [6.07, 6.45) is 3.42. The lowest BCUT2D eigenvalue weighted by atomic mass is 9.89. The molecular formula is C25H21N3O2. The molecule has 0 spiro atoms. The number of pyridine rings is 2. The van der Waals surface area contributed by atoms with Crippen LogP contribution in [-0.4, -0.2) is 23.0 Å². The predicted octanol–water partition coefficient (Wildman–Crippen LogP) is 4.44. The highest BCUT2D eigenvalue weighted by Crippen LogP contribution is 2.30. The Morgan fingerprint density at radius 3 is 2.30 bits per heavy atom. The summed E-state index contributed by atoms with van der Waals surface area (Å²) < 4.78 is 5.22. The number of benzene rings is 2. The fourth-order valence-corrected chi connectivity index (χ4v) is 3.48. The van der Waals surface area contributed by atoms with Crippen LogP contribution < -0.4 is 10.5 Å². The fraction of sp³-hybridized carbons (Fsp3) is 0.0800. The van der Waals surface area contributed by atoms with Gasteiger partial charge in [0, 0.05) is 24.0 Å². The lowest BCUT2D eigenvalue weighted by molar-refractivity contribution is -0.118. The summed E-state index contributed by atoms with van der Waals surface area (Å²) in [7, 11) is 1.58. The fourth-order valence-electron chi connectivity index (χ4n) is 3.48. The van der Waals surface area contributed by atoms with Crippen LogP contribution in [0.15, 0.2) is 91.3 Å². The van der Waals surface area contributed by atoms with E-state index in [0.29, 0.717) is 5.88 Å². The first kappa shape index (κ1) is 19.3. The van der Waals surface area contributed by atoms with Gasteiger partial charge < -0.3 is 10.5 Å². The third-order valence-electron chi connectivity index (χ3n) is 4.97. The maximum absolute atomic E-state index is 12.4. The van der Waals surface area contributed by atoms with E-state index < -0.39 is 11.8 Å². The molecule has 1 unspecified atom stereocenters.